The van der Waals surface area contributed by atoms with Crippen LogP contribution in [0.5, 0.6) is 0 Å². The summed E-state index contributed by atoms with van der Waals surface area (Å²) in [4.78, 5) is 20.3. The maximum atomic E-state index is 10.1. The van der Waals surface area contributed by atoms with Gasteiger partial charge in [-0.25, -0.2) is 0 Å². The van der Waals surface area contributed by atoms with Gasteiger partial charge in [0, 0.05) is 0 Å². The minimum absolute atomic E-state index is 0. The van der Waals surface area contributed by atoms with Gasteiger partial charge in [-0.05, 0) is 0 Å². The molecular formula is C6H11Na2O9P. The first-order valence-electron chi connectivity index (χ1n) is 4.26. The standard InChI is InChI=1S/C6H13O9P.2Na/c7-3-2(1-14-16(11,12)13)15-6(10)5(9)4(3)8;;/h2-10H,1H2,(H2,11,12,13);;/q;2*+1/p-2/i1+2;;. The molecule has 96 valence electrons. The molecule has 4 N–H and O–H groups in total. The van der Waals surface area contributed by atoms with Crippen molar-refractivity contribution in [3.63, 3.8) is 0 Å². The van der Waals surface area contributed by atoms with E-state index in [-0.39, 0.29) is 59.1 Å². The molecule has 1 saturated heterocycles. The van der Waals surface area contributed by atoms with Crippen LogP contribution < -0.4 is 68.9 Å². The van der Waals surface area contributed by atoms with Crippen molar-refractivity contribution < 1.29 is 103 Å². The third kappa shape index (κ3) is 6.57. The third-order valence-corrected chi connectivity index (χ3v) is 2.55. The number of aliphatic hydroxyl groups is 4. The van der Waals surface area contributed by atoms with Gasteiger partial charge in [-0.2, -0.15) is 0 Å². The zero-order valence-electron chi connectivity index (χ0n) is 9.87. The van der Waals surface area contributed by atoms with Crippen molar-refractivity contribution in [3.05, 3.63) is 0 Å². The van der Waals surface area contributed by atoms with E-state index in [4.69, 9.17) is 10.2 Å². The smallest absolute Gasteiger partial charge is 0.790 e. The predicted molar refractivity (Wildman–Crippen MR) is 42.5 cm³/mol. The molecule has 0 saturated carbocycles. The number of hydrogen-bond donors (Lipinski definition) is 4. The van der Waals surface area contributed by atoms with Crippen LogP contribution in [0, 0.1) is 0 Å². The molecule has 0 spiro atoms. The molecule has 0 aromatic heterocycles. The Hall–Kier alpha value is 1.91. The van der Waals surface area contributed by atoms with Crippen molar-refractivity contribution >= 4 is 7.82 Å². The minimum atomic E-state index is -5.23. The summed E-state index contributed by atoms with van der Waals surface area (Å²) < 4.78 is 18.5. The van der Waals surface area contributed by atoms with E-state index >= 15 is 0 Å². The molecule has 1 fully saturated rings. The Morgan fingerprint density at radius 2 is 1.56 bits per heavy atom. The van der Waals surface area contributed by atoms with Crippen LogP contribution in [0.25, 0.3) is 0 Å². The Morgan fingerprint density at radius 1 is 1.06 bits per heavy atom. The van der Waals surface area contributed by atoms with Crippen molar-refractivity contribution in [3.8, 4) is 0 Å². The second-order valence-electron chi connectivity index (χ2n) is 3.28. The maximum Gasteiger partial charge on any atom is 1.00 e. The van der Waals surface area contributed by atoms with Crippen molar-refractivity contribution in [2.24, 2.45) is 0 Å². The summed E-state index contributed by atoms with van der Waals surface area (Å²) in [6, 6.07) is 0. The van der Waals surface area contributed by atoms with E-state index < -0.39 is 45.1 Å². The van der Waals surface area contributed by atoms with E-state index in [1.807, 2.05) is 0 Å². The summed E-state index contributed by atoms with van der Waals surface area (Å²) >= 11 is 0. The van der Waals surface area contributed by atoms with Gasteiger partial charge in [-0.3, -0.25) is 0 Å². The molecular weight excluding hydrogens is 295 g/mol. The van der Waals surface area contributed by atoms with Crippen LogP contribution in [0.15, 0.2) is 0 Å². The Balaban J connectivity index is 0. The number of rotatable bonds is 3. The summed E-state index contributed by atoms with van der Waals surface area (Å²) in [5, 5.41) is 36.6. The van der Waals surface area contributed by atoms with Crippen molar-refractivity contribution in [2.45, 2.75) is 30.7 Å². The minimum Gasteiger partial charge on any atom is -0.790 e. The molecule has 0 aromatic rings. The Kier molecular flexibility index (Phi) is 11.1. The molecule has 5 unspecified atom stereocenters. The van der Waals surface area contributed by atoms with E-state index in [0.717, 1.165) is 0 Å². The number of phosphoric acid groups is 1. The average molecular weight is 306 g/mol. The van der Waals surface area contributed by atoms with Crippen LogP contribution in [0.4, 0.5) is 0 Å². The molecule has 0 bridgehead atoms. The maximum absolute atomic E-state index is 10.1. The first kappa shape index (κ1) is 22.2. The molecule has 1 heterocycles. The van der Waals surface area contributed by atoms with Gasteiger partial charge in [-0.1, -0.05) is 0 Å². The number of hydrogen-bond acceptors (Lipinski definition) is 9. The first-order valence-corrected chi connectivity index (χ1v) is 5.73. The summed E-state index contributed by atoms with van der Waals surface area (Å²) in [6.45, 7) is -0.855. The summed E-state index contributed by atoms with van der Waals surface area (Å²) in [5.74, 6) is 0. The average Bonchev–Trinajstić information content (AvgIpc) is 2.17. The largest absolute Gasteiger partial charge is 1.00 e. The van der Waals surface area contributed by atoms with Crippen LogP contribution in [-0.4, -0.2) is 57.7 Å². The van der Waals surface area contributed by atoms with Gasteiger partial charge in [0.25, 0.3) is 0 Å². The summed E-state index contributed by atoms with van der Waals surface area (Å²) in [7, 11) is -5.23. The second-order valence-corrected chi connectivity index (χ2v) is 4.43. The monoisotopic (exact) mass is 306 g/mol. The van der Waals surface area contributed by atoms with Gasteiger partial charge < -0.3 is 44.0 Å². The molecule has 1 rings (SSSR count). The number of phosphoric ester groups is 1. The number of aliphatic hydroxyl groups excluding tert-OH is 4. The van der Waals surface area contributed by atoms with Crippen LogP contribution in [0.3, 0.4) is 0 Å². The fraction of sp³-hybridized carbons (Fsp3) is 1.00. The second kappa shape index (κ2) is 9.04. The van der Waals surface area contributed by atoms with Crippen molar-refractivity contribution in [1.82, 2.24) is 0 Å². The molecule has 0 amide bonds. The molecule has 1 aliphatic rings. The van der Waals surface area contributed by atoms with Gasteiger partial charge in [0.1, 0.15) is 24.4 Å². The zero-order valence-corrected chi connectivity index (χ0v) is 14.8. The molecule has 12 heteroatoms. The van der Waals surface area contributed by atoms with E-state index in [2.05, 4.69) is 9.26 Å². The van der Waals surface area contributed by atoms with Gasteiger partial charge in [0.2, 0.25) is 0 Å². The predicted octanol–water partition coefficient (Wildman–Crippen LogP) is -10.4. The van der Waals surface area contributed by atoms with Crippen LogP contribution in [-0.2, 0) is 13.8 Å². The topological polar surface area (TPSA) is 163 Å². The molecule has 0 aromatic carbocycles. The molecule has 18 heavy (non-hydrogen) atoms. The summed E-state index contributed by atoms with van der Waals surface area (Å²) in [5.41, 5.74) is 0. The molecule has 1 aliphatic heterocycles. The molecule has 5 atom stereocenters. The zero-order chi connectivity index (χ0) is 12.5. The SMILES string of the molecule is O=P([O-])([O-])O[14CH2]C1OC(O)C(O)C(O)C1O.[Na+].[Na+]. The fourth-order valence-corrected chi connectivity index (χ4v) is 1.56. The molecule has 0 radical (unpaired) electrons. The van der Waals surface area contributed by atoms with Crippen LogP contribution >= 0.6 is 7.82 Å². The van der Waals surface area contributed by atoms with E-state index in [1.54, 1.807) is 0 Å². The van der Waals surface area contributed by atoms with Gasteiger partial charge in [0.05, 0.1) is 14.4 Å². The van der Waals surface area contributed by atoms with Gasteiger partial charge >= 0.3 is 59.1 Å². The van der Waals surface area contributed by atoms with Crippen LogP contribution in [0.1, 0.15) is 0 Å². The van der Waals surface area contributed by atoms with E-state index in [0.29, 0.717) is 0 Å². The van der Waals surface area contributed by atoms with Gasteiger partial charge in [-0.15, -0.1) is 0 Å². The Bertz CT molecular complexity index is 286. The van der Waals surface area contributed by atoms with Crippen LogP contribution in [0.2, 0.25) is 0 Å². The van der Waals surface area contributed by atoms with Gasteiger partial charge in [0.15, 0.2) is 6.29 Å². The number of ether oxygens (including phenoxy) is 1. The normalized spacial score (nSPS) is 36.4. The third-order valence-electron chi connectivity index (χ3n) is 2.08. The first-order chi connectivity index (χ1) is 7.22. The molecule has 0 aliphatic carbocycles. The Labute approximate surface area is 147 Å². The quantitative estimate of drug-likeness (QED) is 0.293. The fourth-order valence-electron chi connectivity index (χ4n) is 1.23. The van der Waals surface area contributed by atoms with Crippen molar-refractivity contribution in [2.75, 3.05) is 6.61 Å². The van der Waals surface area contributed by atoms with Crippen molar-refractivity contribution in [1.29, 1.82) is 0 Å². The Morgan fingerprint density at radius 3 is 2.00 bits per heavy atom. The van der Waals surface area contributed by atoms with E-state index in [9.17, 15) is 24.6 Å². The molecule has 9 nitrogen and oxygen atoms in total. The van der Waals surface area contributed by atoms with E-state index in [1.165, 1.54) is 0 Å². The summed E-state index contributed by atoms with van der Waals surface area (Å²) in [6.07, 6.45) is -8.35.